The number of carbonyl (C=O) groups is 1. The topological polar surface area (TPSA) is 60.8 Å². The number of benzene rings is 2. The second-order valence-corrected chi connectivity index (χ2v) is 6.73. The van der Waals surface area contributed by atoms with Crippen LogP contribution in [0.3, 0.4) is 0 Å². The molecule has 0 saturated carbocycles. The molecule has 24 heavy (non-hydrogen) atoms. The minimum absolute atomic E-state index is 0.155. The van der Waals surface area contributed by atoms with Crippen LogP contribution in [0.2, 0.25) is 5.02 Å². The van der Waals surface area contributed by atoms with Gasteiger partial charge in [0.1, 0.15) is 0 Å². The van der Waals surface area contributed by atoms with Crippen molar-refractivity contribution in [3.8, 4) is 0 Å². The number of halogens is 1. The molecule has 1 saturated heterocycles. The van der Waals surface area contributed by atoms with Crippen molar-refractivity contribution in [1.82, 2.24) is 4.90 Å². The molecule has 2 aromatic carbocycles. The molecule has 1 fully saturated rings. The van der Waals surface area contributed by atoms with Gasteiger partial charge in [-0.2, -0.15) is 0 Å². The number of carboxylic acids is 1. The zero-order valence-electron chi connectivity index (χ0n) is 13.2. The van der Waals surface area contributed by atoms with Crippen molar-refractivity contribution in [3.05, 3.63) is 70.2 Å². The van der Waals surface area contributed by atoms with Crippen molar-refractivity contribution in [2.24, 2.45) is 5.92 Å². The molecule has 5 heteroatoms. The van der Waals surface area contributed by atoms with Crippen LogP contribution in [0.15, 0.2) is 48.5 Å². The van der Waals surface area contributed by atoms with Crippen molar-refractivity contribution in [2.75, 3.05) is 19.7 Å². The fraction of sp³-hybridized carbons (Fsp3) is 0.316. The summed E-state index contributed by atoms with van der Waals surface area (Å²) in [7, 11) is 0. The SMILES string of the molecule is O=C(O)c1ccc(CN2C[C@@H](CO)[C@H](c3ccc(Cl)cc3)C2)cc1. The summed E-state index contributed by atoms with van der Waals surface area (Å²) in [6, 6.07) is 14.8. The van der Waals surface area contributed by atoms with Crippen molar-refractivity contribution >= 4 is 17.6 Å². The predicted octanol–water partition coefficient (Wildman–Crippen LogP) is 3.25. The highest BCUT2D eigenvalue weighted by atomic mass is 35.5. The minimum atomic E-state index is -0.911. The van der Waals surface area contributed by atoms with Gasteiger partial charge in [0.05, 0.1) is 5.56 Å². The third-order valence-corrected chi connectivity index (χ3v) is 4.91. The molecule has 0 unspecified atom stereocenters. The molecule has 1 aliphatic rings. The highest BCUT2D eigenvalue weighted by molar-refractivity contribution is 6.30. The maximum absolute atomic E-state index is 10.9. The summed E-state index contributed by atoms with van der Waals surface area (Å²) in [6.07, 6.45) is 0. The van der Waals surface area contributed by atoms with E-state index in [0.29, 0.717) is 10.6 Å². The normalized spacial score (nSPS) is 21.1. The smallest absolute Gasteiger partial charge is 0.335 e. The van der Waals surface area contributed by atoms with Gasteiger partial charge in [0.2, 0.25) is 0 Å². The minimum Gasteiger partial charge on any atom is -0.478 e. The molecule has 0 bridgehead atoms. The Bertz CT molecular complexity index is 700. The van der Waals surface area contributed by atoms with E-state index in [2.05, 4.69) is 4.90 Å². The van der Waals surface area contributed by atoms with Crippen LogP contribution < -0.4 is 0 Å². The van der Waals surface area contributed by atoms with E-state index < -0.39 is 5.97 Å². The van der Waals surface area contributed by atoms with Gasteiger partial charge in [0.15, 0.2) is 0 Å². The first kappa shape index (κ1) is 17.0. The molecule has 1 heterocycles. The Balaban J connectivity index is 1.69. The lowest BCUT2D eigenvalue weighted by molar-refractivity contribution is 0.0697. The van der Waals surface area contributed by atoms with Gasteiger partial charge in [-0.25, -0.2) is 4.79 Å². The molecule has 0 aromatic heterocycles. The predicted molar refractivity (Wildman–Crippen MR) is 93.4 cm³/mol. The van der Waals surface area contributed by atoms with Crippen LogP contribution in [-0.2, 0) is 6.54 Å². The number of aliphatic hydroxyl groups excluding tert-OH is 1. The van der Waals surface area contributed by atoms with Crippen LogP contribution in [0.25, 0.3) is 0 Å². The Morgan fingerprint density at radius 3 is 2.33 bits per heavy atom. The van der Waals surface area contributed by atoms with Crippen molar-refractivity contribution < 1.29 is 15.0 Å². The van der Waals surface area contributed by atoms with Crippen molar-refractivity contribution in [3.63, 3.8) is 0 Å². The number of nitrogens with zero attached hydrogens (tertiary/aromatic N) is 1. The molecule has 0 amide bonds. The summed E-state index contributed by atoms with van der Waals surface area (Å²) in [4.78, 5) is 13.2. The fourth-order valence-electron chi connectivity index (χ4n) is 3.37. The zero-order valence-corrected chi connectivity index (χ0v) is 14.0. The lowest BCUT2D eigenvalue weighted by Crippen LogP contribution is -2.21. The molecule has 126 valence electrons. The van der Waals surface area contributed by atoms with Gasteiger partial charge in [-0.15, -0.1) is 0 Å². The monoisotopic (exact) mass is 345 g/mol. The highest BCUT2D eigenvalue weighted by Crippen LogP contribution is 2.33. The Morgan fingerprint density at radius 2 is 1.75 bits per heavy atom. The number of aliphatic hydroxyl groups is 1. The number of rotatable bonds is 5. The standard InChI is InChI=1S/C19H20ClNO3/c20-17-7-5-14(6-8-17)18-11-21(10-16(18)12-22)9-13-1-3-15(4-2-13)19(23)24/h1-8,16,18,22H,9-12H2,(H,23,24)/t16-,18-/m0/s1. The number of aromatic carboxylic acids is 1. The maximum Gasteiger partial charge on any atom is 0.335 e. The largest absolute Gasteiger partial charge is 0.478 e. The molecule has 2 N–H and O–H groups in total. The lowest BCUT2D eigenvalue weighted by atomic mass is 9.90. The average Bonchev–Trinajstić information content (AvgIpc) is 2.99. The Hall–Kier alpha value is -1.88. The Morgan fingerprint density at radius 1 is 1.08 bits per heavy atom. The Labute approximate surface area is 146 Å². The average molecular weight is 346 g/mol. The van der Waals surface area contributed by atoms with E-state index in [1.54, 1.807) is 12.1 Å². The van der Waals surface area contributed by atoms with E-state index >= 15 is 0 Å². The molecule has 3 rings (SSSR count). The van der Waals surface area contributed by atoms with Crippen LogP contribution in [0.5, 0.6) is 0 Å². The zero-order chi connectivity index (χ0) is 17.1. The summed E-state index contributed by atoms with van der Waals surface area (Å²) < 4.78 is 0. The van der Waals surface area contributed by atoms with Gasteiger partial charge in [-0.05, 0) is 35.4 Å². The van der Waals surface area contributed by atoms with E-state index in [9.17, 15) is 9.90 Å². The summed E-state index contributed by atoms with van der Waals surface area (Å²) in [5.41, 5.74) is 2.57. The molecular formula is C19H20ClNO3. The first-order chi connectivity index (χ1) is 11.6. The van der Waals surface area contributed by atoms with Crippen LogP contribution in [0.1, 0.15) is 27.4 Å². The molecule has 0 radical (unpaired) electrons. The molecule has 4 nitrogen and oxygen atoms in total. The number of carboxylic acid groups (broad SMARTS) is 1. The highest BCUT2D eigenvalue weighted by Gasteiger charge is 2.33. The first-order valence-electron chi connectivity index (χ1n) is 7.97. The van der Waals surface area contributed by atoms with Crippen LogP contribution in [-0.4, -0.2) is 40.8 Å². The van der Waals surface area contributed by atoms with Gasteiger partial charge < -0.3 is 10.2 Å². The second kappa shape index (κ2) is 7.34. The molecular weight excluding hydrogens is 326 g/mol. The van der Waals surface area contributed by atoms with Gasteiger partial charge in [0.25, 0.3) is 0 Å². The van der Waals surface area contributed by atoms with E-state index in [0.717, 1.165) is 25.2 Å². The number of hydrogen-bond donors (Lipinski definition) is 2. The van der Waals surface area contributed by atoms with Crippen LogP contribution in [0, 0.1) is 5.92 Å². The van der Waals surface area contributed by atoms with E-state index in [1.807, 2.05) is 36.4 Å². The molecule has 0 aliphatic carbocycles. The van der Waals surface area contributed by atoms with E-state index in [1.165, 1.54) is 5.56 Å². The van der Waals surface area contributed by atoms with Gasteiger partial charge in [-0.3, -0.25) is 4.90 Å². The molecule has 0 spiro atoms. The quantitative estimate of drug-likeness (QED) is 0.873. The van der Waals surface area contributed by atoms with Gasteiger partial charge in [0, 0.05) is 43.1 Å². The first-order valence-corrected chi connectivity index (χ1v) is 8.35. The van der Waals surface area contributed by atoms with Crippen LogP contribution in [0.4, 0.5) is 0 Å². The third-order valence-electron chi connectivity index (χ3n) is 4.66. The van der Waals surface area contributed by atoms with Crippen molar-refractivity contribution in [1.29, 1.82) is 0 Å². The fourth-order valence-corrected chi connectivity index (χ4v) is 3.50. The summed E-state index contributed by atoms with van der Waals surface area (Å²) in [5.74, 6) is -0.430. The van der Waals surface area contributed by atoms with E-state index in [4.69, 9.17) is 16.7 Å². The van der Waals surface area contributed by atoms with Crippen LogP contribution >= 0.6 is 11.6 Å². The van der Waals surface area contributed by atoms with E-state index in [-0.39, 0.29) is 18.4 Å². The summed E-state index contributed by atoms with van der Waals surface area (Å²) >= 11 is 5.96. The number of likely N-dealkylation sites (tertiary alicyclic amines) is 1. The second-order valence-electron chi connectivity index (χ2n) is 6.30. The lowest BCUT2D eigenvalue weighted by Gasteiger charge is -2.17. The molecule has 1 aliphatic heterocycles. The maximum atomic E-state index is 10.9. The summed E-state index contributed by atoms with van der Waals surface area (Å²) in [6.45, 7) is 2.60. The molecule has 2 atom stereocenters. The summed E-state index contributed by atoms with van der Waals surface area (Å²) in [5, 5.41) is 19.4. The number of hydrogen-bond acceptors (Lipinski definition) is 3. The van der Waals surface area contributed by atoms with Crippen molar-refractivity contribution in [2.45, 2.75) is 12.5 Å². The van der Waals surface area contributed by atoms with Gasteiger partial charge >= 0.3 is 5.97 Å². The Kier molecular flexibility index (Phi) is 5.19. The van der Waals surface area contributed by atoms with Gasteiger partial charge in [-0.1, -0.05) is 35.9 Å². The third kappa shape index (κ3) is 3.78. The molecule has 2 aromatic rings.